The lowest BCUT2D eigenvalue weighted by atomic mass is 10.0. The number of ether oxygens (including phenoxy) is 1. The molecule has 4 nitrogen and oxygen atoms in total. The summed E-state index contributed by atoms with van der Waals surface area (Å²) >= 11 is 0. The lowest BCUT2D eigenvalue weighted by molar-refractivity contribution is 0.147. The van der Waals surface area contributed by atoms with Gasteiger partial charge in [0, 0.05) is 32.0 Å². The van der Waals surface area contributed by atoms with Crippen LogP contribution in [0.1, 0.15) is 58.7 Å². The zero-order valence-corrected chi connectivity index (χ0v) is 13.8. The molecule has 0 radical (unpaired) electrons. The average molecular weight is 281 g/mol. The summed E-state index contributed by atoms with van der Waals surface area (Å²) in [7, 11) is 0. The Morgan fingerprint density at radius 3 is 2.75 bits per heavy atom. The lowest BCUT2D eigenvalue weighted by Gasteiger charge is -2.20. The molecule has 1 rings (SSSR count). The third-order valence-corrected chi connectivity index (χ3v) is 3.72. The van der Waals surface area contributed by atoms with E-state index in [0.29, 0.717) is 6.04 Å². The van der Waals surface area contributed by atoms with E-state index in [1.807, 2.05) is 6.92 Å². The third-order valence-electron chi connectivity index (χ3n) is 3.72. The Kier molecular flexibility index (Phi) is 7.67. The molecule has 0 aliphatic heterocycles. The Morgan fingerprint density at radius 2 is 2.10 bits per heavy atom. The first-order valence-corrected chi connectivity index (χ1v) is 7.95. The first-order valence-electron chi connectivity index (χ1n) is 7.95. The van der Waals surface area contributed by atoms with E-state index in [0.717, 1.165) is 43.7 Å². The molecule has 116 valence electrons. The molecule has 0 aliphatic rings. The smallest absolute Gasteiger partial charge is 0.203 e. The van der Waals surface area contributed by atoms with Gasteiger partial charge in [-0.3, -0.25) is 0 Å². The summed E-state index contributed by atoms with van der Waals surface area (Å²) in [6, 6.07) is 0.487. The van der Waals surface area contributed by atoms with E-state index >= 15 is 0 Å². The maximum Gasteiger partial charge on any atom is 0.203 e. The molecule has 4 heteroatoms. The fourth-order valence-corrected chi connectivity index (χ4v) is 2.36. The zero-order chi connectivity index (χ0) is 15.0. The van der Waals surface area contributed by atoms with Crippen LogP contribution in [0.2, 0.25) is 0 Å². The van der Waals surface area contributed by atoms with Crippen LogP contribution in [0, 0.1) is 12.8 Å². The van der Waals surface area contributed by atoms with Gasteiger partial charge in [0.1, 0.15) is 0 Å². The van der Waals surface area contributed by atoms with Gasteiger partial charge in [-0.05, 0) is 39.5 Å². The Bertz CT molecular complexity index is 376. The van der Waals surface area contributed by atoms with Gasteiger partial charge in [0.05, 0.1) is 5.69 Å². The van der Waals surface area contributed by atoms with Gasteiger partial charge in [0.2, 0.25) is 5.95 Å². The van der Waals surface area contributed by atoms with Crippen LogP contribution in [0.4, 0.5) is 5.95 Å². The average Bonchev–Trinajstić information content (AvgIpc) is 2.79. The molecule has 0 saturated carbocycles. The second-order valence-corrected chi connectivity index (χ2v) is 5.69. The maximum absolute atomic E-state index is 5.35. The van der Waals surface area contributed by atoms with Crippen molar-refractivity contribution >= 4 is 5.95 Å². The normalized spacial score (nSPS) is 14.2. The van der Waals surface area contributed by atoms with Crippen LogP contribution in [-0.4, -0.2) is 29.3 Å². The number of aromatic nitrogens is 2. The quantitative estimate of drug-likeness (QED) is 0.658. The van der Waals surface area contributed by atoms with Gasteiger partial charge in [-0.15, -0.1) is 0 Å². The van der Waals surface area contributed by atoms with Gasteiger partial charge in [0.15, 0.2) is 0 Å². The molecule has 0 aromatic carbocycles. The minimum atomic E-state index is 0.487. The number of rotatable bonds is 10. The van der Waals surface area contributed by atoms with E-state index in [1.165, 1.54) is 12.8 Å². The van der Waals surface area contributed by atoms with Crippen molar-refractivity contribution in [2.45, 2.75) is 59.9 Å². The number of hydrogen-bond donors (Lipinski definition) is 1. The Labute approximate surface area is 123 Å². The van der Waals surface area contributed by atoms with E-state index in [1.54, 1.807) is 0 Å². The van der Waals surface area contributed by atoms with Crippen molar-refractivity contribution in [1.29, 1.82) is 0 Å². The van der Waals surface area contributed by atoms with Gasteiger partial charge in [-0.1, -0.05) is 20.3 Å². The number of imidazole rings is 1. The van der Waals surface area contributed by atoms with Crippen LogP contribution in [0.5, 0.6) is 0 Å². The minimum Gasteiger partial charge on any atom is -0.382 e. The summed E-state index contributed by atoms with van der Waals surface area (Å²) in [5, 5.41) is 3.44. The van der Waals surface area contributed by atoms with Crippen molar-refractivity contribution in [1.82, 2.24) is 9.55 Å². The van der Waals surface area contributed by atoms with Crippen LogP contribution in [0.25, 0.3) is 0 Å². The van der Waals surface area contributed by atoms with E-state index < -0.39 is 0 Å². The molecule has 1 aromatic heterocycles. The molecule has 1 heterocycles. The number of nitrogens with zero attached hydrogens (tertiary/aromatic N) is 2. The molecule has 2 unspecified atom stereocenters. The first-order chi connectivity index (χ1) is 9.58. The van der Waals surface area contributed by atoms with Crippen molar-refractivity contribution in [2.24, 2.45) is 5.92 Å². The van der Waals surface area contributed by atoms with Crippen molar-refractivity contribution < 1.29 is 4.74 Å². The van der Waals surface area contributed by atoms with Crippen LogP contribution in [-0.2, 0) is 4.74 Å². The lowest BCUT2D eigenvalue weighted by Crippen LogP contribution is -2.14. The molecular weight excluding hydrogens is 250 g/mol. The Hall–Kier alpha value is -1.03. The standard InChI is InChI=1S/C16H31N3O/c1-6-13(3)11-15(5)19-12-14(4)18-16(19)17-9-8-10-20-7-2/h12-13,15H,6-11H2,1-5H3,(H,17,18). The zero-order valence-electron chi connectivity index (χ0n) is 13.8. The predicted molar refractivity (Wildman–Crippen MR) is 85.3 cm³/mol. The monoisotopic (exact) mass is 281 g/mol. The van der Waals surface area contributed by atoms with Crippen LogP contribution < -0.4 is 5.32 Å². The molecule has 0 spiro atoms. The second-order valence-electron chi connectivity index (χ2n) is 5.69. The number of anilines is 1. The summed E-state index contributed by atoms with van der Waals surface area (Å²) in [6.45, 7) is 13.4. The summed E-state index contributed by atoms with van der Waals surface area (Å²) in [6.07, 6.45) is 5.59. The first kappa shape index (κ1) is 17.0. The highest BCUT2D eigenvalue weighted by molar-refractivity contribution is 5.29. The Balaban J connectivity index is 2.53. The topological polar surface area (TPSA) is 39.1 Å². The third kappa shape index (κ3) is 5.53. The molecule has 2 atom stereocenters. The largest absolute Gasteiger partial charge is 0.382 e. The fourth-order valence-electron chi connectivity index (χ4n) is 2.36. The van der Waals surface area contributed by atoms with E-state index in [2.05, 4.69) is 48.8 Å². The van der Waals surface area contributed by atoms with Crippen molar-refractivity contribution in [3.05, 3.63) is 11.9 Å². The fraction of sp³-hybridized carbons (Fsp3) is 0.812. The molecule has 0 bridgehead atoms. The van der Waals surface area contributed by atoms with Crippen LogP contribution >= 0.6 is 0 Å². The van der Waals surface area contributed by atoms with E-state index in [4.69, 9.17) is 4.74 Å². The highest BCUT2D eigenvalue weighted by Gasteiger charge is 2.13. The second kappa shape index (κ2) is 9.01. The molecule has 1 aromatic rings. The molecule has 0 amide bonds. The van der Waals surface area contributed by atoms with E-state index in [9.17, 15) is 0 Å². The van der Waals surface area contributed by atoms with Gasteiger partial charge in [0.25, 0.3) is 0 Å². The molecule has 0 saturated heterocycles. The van der Waals surface area contributed by atoms with Crippen molar-refractivity contribution in [2.75, 3.05) is 25.1 Å². The van der Waals surface area contributed by atoms with Crippen LogP contribution in [0.3, 0.4) is 0 Å². The number of aryl methyl sites for hydroxylation is 1. The molecular formula is C16H31N3O. The predicted octanol–water partition coefficient (Wildman–Crippen LogP) is 4.03. The molecule has 0 fully saturated rings. The number of nitrogens with one attached hydrogen (secondary N) is 1. The highest BCUT2D eigenvalue weighted by Crippen LogP contribution is 2.23. The van der Waals surface area contributed by atoms with Crippen molar-refractivity contribution in [3.63, 3.8) is 0 Å². The van der Waals surface area contributed by atoms with E-state index in [-0.39, 0.29) is 0 Å². The molecule has 20 heavy (non-hydrogen) atoms. The minimum absolute atomic E-state index is 0.487. The van der Waals surface area contributed by atoms with Gasteiger partial charge in [-0.25, -0.2) is 4.98 Å². The summed E-state index contributed by atoms with van der Waals surface area (Å²) < 4.78 is 7.63. The van der Waals surface area contributed by atoms with Gasteiger partial charge < -0.3 is 14.6 Å². The van der Waals surface area contributed by atoms with Crippen molar-refractivity contribution in [3.8, 4) is 0 Å². The molecule has 0 aliphatic carbocycles. The molecule has 1 N–H and O–H groups in total. The Morgan fingerprint density at radius 1 is 1.35 bits per heavy atom. The van der Waals surface area contributed by atoms with Gasteiger partial charge >= 0.3 is 0 Å². The maximum atomic E-state index is 5.35. The number of hydrogen-bond acceptors (Lipinski definition) is 3. The highest BCUT2D eigenvalue weighted by atomic mass is 16.5. The summed E-state index contributed by atoms with van der Waals surface area (Å²) in [5.74, 6) is 1.74. The van der Waals surface area contributed by atoms with Gasteiger partial charge in [-0.2, -0.15) is 0 Å². The summed E-state index contributed by atoms with van der Waals surface area (Å²) in [4.78, 5) is 4.59. The van der Waals surface area contributed by atoms with Crippen LogP contribution in [0.15, 0.2) is 6.20 Å². The summed E-state index contributed by atoms with van der Waals surface area (Å²) in [5.41, 5.74) is 1.08. The SMILES string of the molecule is CCOCCCNc1nc(C)cn1C(C)CC(C)CC.